The largest absolute Gasteiger partial charge is 0.522 e. The van der Waals surface area contributed by atoms with Crippen LogP contribution in [0.4, 0.5) is 13.2 Å². The highest BCUT2D eigenvalue weighted by atomic mass is 32.2. The van der Waals surface area contributed by atoms with Crippen molar-refractivity contribution >= 4 is 18.6 Å². The molecule has 0 amide bonds. The van der Waals surface area contributed by atoms with Gasteiger partial charge in [0.2, 0.25) is 0 Å². The number of alkyl halides is 3. The topological polar surface area (TPSA) is 55.4 Å². The molecular formula is C10H18F3NO3SSi. The normalized spacial score (nSPS) is 13.6. The molecule has 0 saturated carbocycles. The molecule has 4 nitrogen and oxygen atoms in total. The Balaban J connectivity index is 5.46. The van der Waals surface area contributed by atoms with E-state index >= 15 is 0 Å². The van der Waals surface area contributed by atoms with Gasteiger partial charge in [-0.3, -0.25) is 3.87 Å². The van der Waals surface area contributed by atoms with E-state index in [1.807, 2.05) is 0 Å². The van der Waals surface area contributed by atoms with Crippen LogP contribution in [-0.2, 0) is 14.0 Å². The van der Waals surface area contributed by atoms with E-state index in [-0.39, 0.29) is 18.1 Å². The van der Waals surface area contributed by atoms with Crippen LogP contribution in [-0.4, -0.2) is 28.4 Å². The molecule has 0 aromatic rings. The van der Waals surface area contributed by atoms with Gasteiger partial charge in [0.05, 0.1) is 0 Å². The van der Waals surface area contributed by atoms with Gasteiger partial charge in [-0.05, 0) is 18.1 Å². The average molecular weight is 317 g/mol. The Kier molecular flexibility index (Phi) is 6.46. The van der Waals surface area contributed by atoms with Gasteiger partial charge < -0.3 is 4.98 Å². The molecule has 0 rings (SSSR count). The zero-order chi connectivity index (χ0) is 15.3. The first kappa shape index (κ1) is 18.4. The number of hydrogen-bond donors (Lipinski definition) is 1. The molecule has 0 unspecified atom stereocenters. The van der Waals surface area contributed by atoms with E-state index in [9.17, 15) is 21.6 Å². The third-order valence-corrected chi connectivity index (χ3v) is 7.77. The SMILES string of the molecule is C=CC[Si](CC=C)(NC(C)C)OS(=O)(=O)C(F)(F)F. The van der Waals surface area contributed by atoms with E-state index in [1.54, 1.807) is 13.8 Å². The maximum Gasteiger partial charge on any atom is 0.522 e. The lowest BCUT2D eigenvalue weighted by atomic mass is 10.4. The first-order chi connectivity index (χ1) is 8.49. The highest BCUT2D eigenvalue weighted by Gasteiger charge is 2.52. The summed E-state index contributed by atoms with van der Waals surface area (Å²) in [6.07, 6.45) is 2.69. The fraction of sp³-hybridized carbons (Fsp3) is 0.600. The predicted molar refractivity (Wildman–Crippen MR) is 70.1 cm³/mol. The summed E-state index contributed by atoms with van der Waals surface area (Å²) in [4.78, 5) is 2.82. The summed E-state index contributed by atoms with van der Waals surface area (Å²) >= 11 is 0. The number of nitrogens with one attached hydrogen (secondary N) is 1. The molecule has 9 heteroatoms. The van der Waals surface area contributed by atoms with Gasteiger partial charge in [0, 0.05) is 0 Å². The van der Waals surface area contributed by atoms with Crippen molar-refractivity contribution in [2.24, 2.45) is 0 Å². The zero-order valence-corrected chi connectivity index (χ0v) is 12.6. The lowest BCUT2D eigenvalue weighted by Crippen LogP contribution is -2.57. The summed E-state index contributed by atoms with van der Waals surface area (Å²) in [5.74, 6) is 0. The van der Waals surface area contributed by atoms with Gasteiger partial charge in [-0.2, -0.15) is 21.6 Å². The molecule has 0 fully saturated rings. The van der Waals surface area contributed by atoms with Crippen molar-refractivity contribution < 1.29 is 25.5 Å². The zero-order valence-electron chi connectivity index (χ0n) is 10.8. The van der Waals surface area contributed by atoms with E-state index in [0.717, 1.165) is 0 Å². The second-order valence-corrected chi connectivity index (χ2v) is 9.39. The highest BCUT2D eigenvalue weighted by Crippen LogP contribution is 2.30. The number of halogens is 3. The Morgan fingerprint density at radius 2 is 1.68 bits per heavy atom. The molecule has 0 heterocycles. The van der Waals surface area contributed by atoms with Crippen LogP contribution < -0.4 is 4.98 Å². The molecular weight excluding hydrogens is 299 g/mol. The van der Waals surface area contributed by atoms with Gasteiger partial charge in [0.1, 0.15) is 0 Å². The summed E-state index contributed by atoms with van der Waals surface area (Å²) in [7, 11) is -9.04. The van der Waals surface area contributed by atoms with Crippen LogP contribution in [0.25, 0.3) is 0 Å². The average Bonchev–Trinajstić information content (AvgIpc) is 2.13. The van der Waals surface area contributed by atoms with E-state index < -0.39 is 24.1 Å². The van der Waals surface area contributed by atoms with Crippen molar-refractivity contribution in [2.75, 3.05) is 0 Å². The van der Waals surface area contributed by atoms with E-state index in [2.05, 4.69) is 22.0 Å². The Morgan fingerprint density at radius 3 is 1.95 bits per heavy atom. The van der Waals surface area contributed by atoms with Gasteiger partial charge in [0.25, 0.3) is 8.48 Å². The summed E-state index contributed by atoms with van der Waals surface area (Å²) in [6, 6.07) is -0.186. The summed E-state index contributed by atoms with van der Waals surface area (Å²) in [5, 5.41) is 0. The predicted octanol–water partition coefficient (Wildman–Crippen LogP) is 2.66. The molecule has 1 N–H and O–H groups in total. The lowest BCUT2D eigenvalue weighted by Gasteiger charge is -2.31. The minimum Gasteiger partial charge on any atom is -0.313 e. The monoisotopic (exact) mass is 317 g/mol. The maximum absolute atomic E-state index is 12.4. The minimum atomic E-state index is -5.64. The van der Waals surface area contributed by atoms with Crippen molar-refractivity contribution in [2.45, 2.75) is 37.5 Å². The lowest BCUT2D eigenvalue weighted by molar-refractivity contribution is -0.0505. The Morgan fingerprint density at radius 1 is 1.26 bits per heavy atom. The molecule has 0 aliphatic rings. The van der Waals surface area contributed by atoms with Gasteiger partial charge >= 0.3 is 15.6 Å². The standard InChI is InChI=1S/C10H18F3NO3SSi/c1-5-7-19(8-6-2,14-9(3)4)17-18(15,16)10(11,12)13/h5-6,9,14H,1-2,7-8H2,3-4H3. The van der Waals surface area contributed by atoms with Gasteiger partial charge in [0.15, 0.2) is 0 Å². The van der Waals surface area contributed by atoms with Crippen LogP contribution in [0, 0.1) is 0 Å². The summed E-state index contributed by atoms with van der Waals surface area (Å²) < 4.78 is 64.1. The van der Waals surface area contributed by atoms with Crippen LogP contribution in [0.15, 0.2) is 25.3 Å². The van der Waals surface area contributed by atoms with Crippen LogP contribution >= 0.6 is 0 Å². The van der Waals surface area contributed by atoms with Gasteiger partial charge in [-0.1, -0.05) is 26.0 Å². The molecule has 19 heavy (non-hydrogen) atoms. The Bertz CT molecular complexity index is 410. The Labute approximate surface area is 112 Å². The summed E-state index contributed by atoms with van der Waals surface area (Å²) in [6.45, 7) is 10.2. The molecule has 0 aromatic heterocycles. The van der Waals surface area contributed by atoms with Gasteiger partial charge in [-0.25, -0.2) is 0 Å². The molecule has 0 radical (unpaired) electrons. The third kappa shape index (κ3) is 5.47. The van der Waals surface area contributed by atoms with Gasteiger partial charge in [-0.15, -0.1) is 13.2 Å². The maximum atomic E-state index is 12.4. The number of rotatable bonds is 8. The fourth-order valence-electron chi connectivity index (χ4n) is 1.54. The van der Waals surface area contributed by atoms with Crippen LogP contribution in [0.5, 0.6) is 0 Å². The van der Waals surface area contributed by atoms with Crippen LogP contribution in [0.1, 0.15) is 13.8 Å². The Hall–Kier alpha value is -0.643. The highest BCUT2D eigenvalue weighted by molar-refractivity contribution is 7.88. The molecule has 0 aromatic carbocycles. The van der Waals surface area contributed by atoms with Crippen molar-refractivity contribution in [3.8, 4) is 0 Å². The fourth-order valence-corrected chi connectivity index (χ4v) is 6.72. The quantitative estimate of drug-likeness (QED) is 0.425. The van der Waals surface area contributed by atoms with Crippen molar-refractivity contribution in [1.82, 2.24) is 4.98 Å². The second kappa shape index (κ2) is 6.68. The second-order valence-electron chi connectivity index (χ2n) is 4.26. The first-order valence-corrected chi connectivity index (χ1v) is 9.24. The molecule has 0 bridgehead atoms. The molecule has 0 atom stereocenters. The van der Waals surface area contributed by atoms with Crippen LogP contribution in [0.3, 0.4) is 0 Å². The van der Waals surface area contributed by atoms with Crippen molar-refractivity contribution in [3.63, 3.8) is 0 Å². The number of hydrogen-bond acceptors (Lipinski definition) is 4. The first-order valence-electron chi connectivity index (χ1n) is 5.51. The van der Waals surface area contributed by atoms with Crippen molar-refractivity contribution in [1.29, 1.82) is 0 Å². The minimum absolute atomic E-state index is 0.0203. The van der Waals surface area contributed by atoms with E-state index in [1.165, 1.54) is 12.2 Å². The molecule has 0 spiro atoms. The van der Waals surface area contributed by atoms with E-state index in [4.69, 9.17) is 0 Å². The summed E-state index contributed by atoms with van der Waals surface area (Å²) in [5.41, 5.74) is -5.44. The third-order valence-electron chi connectivity index (χ3n) is 2.05. The molecule has 112 valence electrons. The molecule has 0 aliphatic heterocycles. The molecule has 0 saturated heterocycles. The number of allylic oxidation sites excluding steroid dienone is 2. The van der Waals surface area contributed by atoms with Crippen LogP contribution in [0.2, 0.25) is 12.1 Å². The van der Waals surface area contributed by atoms with E-state index in [0.29, 0.717) is 0 Å². The molecule has 0 aliphatic carbocycles. The van der Waals surface area contributed by atoms with Crippen molar-refractivity contribution in [3.05, 3.63) is 25.3 Å². The smallest absolute Gasteiger partial charge is 0.313 e.